The van der Waals surface area contributed by atoms with E-state index in [1.807, 2.05) is 44.2 Å². The zero-order chi connectivity index (χ0) is 22.8. The molecule has 0 spiro atoms. The molecular weight excluding hydrogens is 406 g/mol. The van der Waals surface area contributed by atoms with Crippen molar-refractivity contribution in [2.24, 2.45) is 5.73 Å². The van der Waals surface area contributed by atoms with E-state index in [4.69, 9.17) is 16.0 Å². The van der Waals surface area contributed by atoms with Crippen LogP contribution in [-0.4, -0.2) is 26.6 Å². The van der Waals surface area contributed by atoms with Gasteiger partial charge in [-0.15, -0.1) is 0 Å². The van der Waals surface area contributed by atoms with Crippen molar-refractivity contribution in [3.8, 4) is 11.3 Å². The van der Waals surface area contributed by atoms with Crippen LogP contribution in [0.15, 0.2) is 34.9 Å². The molecule has 4 rings (SSSR count). The molecule has 168 valence electrons. The fourth-order valence-corrected chi connectivity index (χ4v) is 4.38. The van der Waals surface area contributed by atoms with Crippen LogP contribution in [0.25, 0.3) is 11.3 Å². The van der Waals surface area contributed by atoms with E-state index in [0.29, 0.717) is 17.4 Å². The van der Waals surface area contributed by atoms with E-state index in [-0.39, 0.29) is 36.0 Å². The van der Waals surface area contributed by atoms with Crippen LogP contribution in [-0.2, 0) is 17.6 Å². The van der Waals surface area contributed by atoms with Crippen LogP contribution >= 0.6 is 0 Å². The summed E-state index contributed by atoms with van der Waals surface area (Å²) in [6.07, 6.45) is 5.25. The summed E-state index contributed by atoms with van der Waals surface area (Å²) in [7, 11) is 0. The van der Waals surface area contributed by atoms with Gasteiger partial charge in [-0.05, 0) is 32.3 Å². The number of nitrogens with zero attached hydrogens (tertiary/aromatic N) is 3. The Balaban J connectivity index is 1.45. The minimum absolute atomic E-state index is 0.0102. The summed E-state index contributed by atoms with van der Waals surface area (Å²) >= 11 is 0. The van der Waals surface area contributed by atoms with Crippen molar-refractivity contribution in [2.75, 3.05) is 5.73 Å². The Kier molecular flexibility index (Phi) is 6.12. The molecule has 0 unspecified atom stereocenters. The molecule has 0 radical (unpaired) electrons. The monoisotopic (exact) mass is 435 g/mol. The molecule has 2 heterocycles. The number of hydrogen-bond donors (Lipinski definition) is 2. The minimum atomic E-state index is -0.618. The standard InChI is InChI=1S/C24H29N5O3/c1-14(2)29-23(25)21(24(26)31)22(27-29)17-9-7-15(8-10-17)11-18(30)12-19-13-20(28-32-19)16-5-3-4-6-16/h7-10,13-14,16H,3-6,11-12,25H2,1-2H3,(H2,26,31). The number of aromatic nitrogens is 3. The number of carbonyl (C=O) groups excluding carboxylic acids is 2. The third kappa shape index (κ3) is 4.44. The van der Waals surface area contributed by atoms with E-state index in [1.54, 1.807) is 4.68 Å². The number of Topliss-reactive ketones (excluding diaryl/α,β-unsaturated/α-hetero) is 1. The Labute approximate surface area is 186 Å². The van der Waals surface area contributed by atoms with Gasteiger partial charge in [0, 0.05) is 30.0 Å². The predicted molar refractivity (Wildman–Crippen MR) is 121 cm³/mol. The summed E-state index contributed by atoms with van der Waals surface area (Å²) in [5.41, 5.74) is 14.9. The van der Waals surface area contributed by atoms with Crippen molar-refractivity contribution >= 4 is 17.5 Å². The topological polar surface area (TPSA) is 130 Å². The average Bonchev–Trinajstić information content (AvgIpc) is 3.48. The first-order valence-electron chi connectivity index (χ1n) is 11.1. The van der Waals surface area contributed by atoms with Gasteiger partial charge in [-0.2, -0.15) is 5.10 Å². The maximum Gasteiger partial charge on any atom is 0.254 e. The average molecular weight is 436 g/mol. The first-order chi connectivity index (χ1) is 15.3. The van der Waals surface area contributed by atoms with Crippen molar-refractivity contribution in [1.82, 2.24) is 14.9 Å². The van der Waals surface area contributed by atoms with Crippen molar-refractivity contribution in [1.29, 1.82) is 0 Å². The van der Waals surface area contributed by atoms with Crippen LogP contribution in [0, 0.1) is 0 Å². The molecule has 8 heteroatoms. The fraction of sp³-hybridized carbons (Fsp3) is 0.417. The second kappa shape index (κ2) is 8.98. The van der Waals surface area contributed by atoms with Gasteiger partial charge in [-0.3, -0.25) is 9.59 Å². The number of amides is 1. The van der Waals surface area contributed by atoms with Crippen molar-refractivity contribution < 1.29 is 14.1 Å². The van der Waals surface area contributed by atoms with Crippen LogP contribution in [0.3, 0.4) is 0 Å². The quantitative estimate of drug-likeness (QED) is 0.553. The van der Waals surface area contributed by atoms with Crippen LogP contribution in [0.1, 0.15) is 78.9 Å². The second-order valence-electron chi connectivity index (χ2n) is 8.80. The Morgan fingerprint density at radius 3 is 2.47 bits per heavy atom. The van der Waals surface area contributed by atoms with Crippen molar-refractivity contribution in [2.45, 2.75) is 64.3 Å². The second-order valence-corrected chi connectivity index (χ2v) is 8.80. The van der Waals surface area contributed by atoms with Gasteiger partial charge in [0.25, 0.3) is 5.91 Å². The summed E-state index contributed by atoms with van der Waals surface area (Å²) in [6, 6.07) is 9.28. The molecule has 1 aliphatic carbocycles. The van der Waals surface area contributed by atoms with Crippen molar-refractivity contribution in [3.63, 3.8) is 0 Å². The summed E-state index contributed by atoms with van der Waals surface area (Å²) in [5, 5.41) is 8.65. The zero-order valence-electron chi connectivity index (χ0n) is 18.5. The highest BCUT2D eigenvalue weighted by Gasteiger charge is 2.23. The Morgan fingerprint density at radius 2 is 1.84 bits per heavy atom. The molecule has 4 N–H and O–H groups in total. The molecule has 1 aliphatic rings. The lowest BCUT2D eigenvalue weighted by molar-refractivity contribution is -0.118. The van der Waals surface area contributed by atoms with Crippen LogP contribution in [0.4, 0.5) is 5.82 Å². The van der Waals surface area contributed by atoms with E-state index in [0.717, 1.165) is 29.7 Å². The molecule has 2 aromatic heterocycles. The molecule has 0 atom stereocenters. The highest BCUT2D eigenvalue weighted by atomic mass is 16.5. The molecule has 0 saturated heterocycles. The largest absolute Gasteiger partial charge is 0.383 e. The normalized spacial score (nSPS) is 14.3. The molecule has 1 fully saturated rings. The number of ketones is 1. The van der Waals surface area contributed by atoms with E-state index in [2.05, 4.69) is 10.3 Å². The first-order valence-corrected chi connectivity index (χ1v) is 11.1. The van der Waals surface area contributed by atoms with E-state index < -0.39 is 5.91 Å². The van der Waals surface area contributed by atoms with Gasteiger partial charge in [-0.25, -0.2) is 4.68 Å². The number of carbonyl (C=O) groups is 2. The molecule has 0 bridgehead atoms. The molecule has 1 amide bonds. The molecule has 1 aromatic carbocycles. The molecule has 1 saturated carbocycles. The molecule has 32 heavy (non-hydrogen) atoms. The highest BCUT2D eigenvalue weighted by molar-refractivity contribution is 6.03. The van der Waals surface area contributed by atoms with Gasteiger partial charge in [0.05, 0.1) is 12.1 Å². The van der Waals surface area contributed by atoms with Gasteiger partial charge < -0.3 is 16.0 Å². The lowest BCUT2D eigenvalue weighted by atomic mass is 10.0. The van der Waals surface area contributed by atoms with Gasteiger partial charge in [0.15, 0.2) is 0 Å². The van der Waals surface area contributed by atoms with Crippen LogP contribution in [0.2, 0.25) is 0 Å². The number of benzene rings is 1. The Morgan fingerprint density at radius 1 is 1.16 bits per heavy atom. The third-order valence-corrected chi connectivity index (χ3v) is 6.03. The number of hydrogen-bond acceptors (Lipinski definition) is 6. The number of nitrogens with two attached hydrogens (primary N) is 2. The summed E-state index contributed by atoms with van der Waals surface area (Å²) < 4.78 is 6.98. The lowest BCUT2D eigenvalue weighted by Crippen LogP contribution is -2.15. The smallest absolute Gasteiger partial charge is 0.254 e. The number of rotatable bonds is 8. The van der Waals surface area contributed by atoms with Crippen LogP contribution < -0.4 is 11.5 Å². The first kappa shape index (κ1) is 21.8. The molecular formula is C24H29N5O3. The highest BCUT2D eigenvalue weighted by Crippen LogP contribution is 2.33. The predicted octanol–water partition coefficient (Wildman–Crippen LogP) is 3.81. The molecule has 0 aliphatic heterocycles. The summed E-state index contributed by atoms with van der Waals surface area (Å²) in [6.45, 7) is 3.86. The van der Waals surface area contributed by atoms with E-state index in [1.165, 1.54) is 12.8 Å². The number of anilines is 1. The van der Waals surface area contributed by atoms with Gasteiger partial charge in [-0.1, -0.05) is 42.3 Å². The maximum atomic E-state index is 12.6. The third-order valence-electron chi connectivity index (χ3n) is 6.03. The number of primary amides is 1. The minimum Gasteiger partial charge on any atom is -0.383 e. The Bertz CT molecular complexity index is 1120. The summed E-state index contributed by atoms with van der Waals surface area (Å²) in [4.78, 5) is 24.5. The lowest BCUT2D eigenvalue weighted by Gasteiger charge is -2.06. The van der Waals surface area contributed by atoms with Gasteiger partial charge >= 0.3 is 0 Å². The summed E-state index contributed by atoms with van der Waals surface area (Å²) in [5.74, 6) is 0.777. The number of nitrogen functional groups attached to an aromatic ring is 1. The zero-order valence-corrected chi connectivity index (χ0v) is 18.5. The van der Waals surface area contributed by atoms with Gasteiger partial charge in [0.1, 0.15) is 28.6 Å². The Hall–Kier alpha value is -3.42. The van der Waals surface area contributed by atoms with Crippen molar-refractivity contribution in [3.05, 3.63) is 52.9 Å². The molecule has 3 aromatic rings. The SMILES string of the molecule is CC(C)n1nc(-c2ccc(CC(=O)Cc3cc(C4CCCC4)no3)cc2)c(C(N)=O)c1N. The van der Waals surface area contributed by atoms with Crippen LogP contribution in [0.5, 0.6) is 0 Å². The fourth-order valence-electron chi connectivity index (χ4n) is 4.38. The maximum absolute atomic E-state index is 12.6. The van der Waals surface area contributed by atoms with Gasteiger partial charge in [0.2, 0.25) is 0 Å². The molecule has 8 nitrogen and oxygen atoms in total. The van der Waals surface area contributed by atoms with E-state index in [9.17, 15) is 9.59 Å². The van der Waals surface area contributed by atoms with E-state index >= 15 is 0 Å².